The molecule has 0 saturated heterocycles. The SMILES string of the molecule is CCC1CCC(CNC(=O)CC2=CCC=C(OC)C=C2)CC1.Cc1nc(N(C)C)c2ccccc2n1.FC(F)F. The Bertz CT molecular complexity index is 1150. The molecule has 0 atom stereocenters. The van der Waals surface area contributed by atoms with Gasteiger partial charge in [-0.25, -0.2) is 9.97 Å². The second-order valence-corrected chi connectivity index (χ2v) is 10.2. The van der Waals surface area contributed by atoms with Crippen molar-refractivity contribution < 1.29 is 22.7 Å². The summed E-state index contributed by atoms with van der Waals surface area (Å²) in [6.07, 6.45) is 15.8. The molecule has 1 fully saturated rings. The van der Waals surface area contributed by atoms with E-state index in [0.29, 0.717) is 12.3 Å². The number of nitrogens with zero attached hydrogens (tertiary/aromatic N) is 3. The van der Waals surface area contributed by atoms with E-state index in [9.17, 15) is 18.0 Å². The van der Waals surface area contributed by atoms with Crippen LogP contribution in [0, 0.1) is 18.8 Å². The molecule has 0 radical (unpaired) electrons. The lowest BCUT2D eigenvalue weighted by atomic mass is 9.81. The maximum Gasteiger partial charge on any atom is 0.379 e. The van der Waals surface area contributed by atoms with Crippen molar-refractivity contribution in [2.75, 3.05) is 32.6 Å². The molecular weight excluding hydrogens is 517 g/mol. The van der Waals surface area contributed by atoms with Crippen molar-refractivity contribution >= 4 is 22.6 Å². The highest BCUT2D eigenvalue weighted by Crippen LogP contribution is 2.30. The molecule has 4 rings (SSSR count). The number of alkyl halides is 3. The molecule has 1 N–H and O–H groups in total. The highest BCUT2D eigenvalue weighted by Gasteiger charge is 2.20. The number of anilines is 1. The number of hydrogen-bond donors (Lipinski definition) is 1. The summed E-state index contributed by atoms with van der Waals surface area (Å²) in [5.41, 5.74) is 2.07. The molecule has 220 valence electrons. The van der Waals surface area contributed by atoms with Gasteiger partial charge in [-0.2, -0.15) is 13.2 Å². The Morgan fingerprint density at radius 3 is 2.33 bits per heavy atom. The minimum absolute atomic E-state index is 0.134. The van der Waals surface area contributed by atoms with Gasteiger partial charge in [-0.05, 0) is 67.9 Å². The number of aryl methyl sites for hydroxylation is 1. The molecule has 2 aromatic rings. The number of carbonyl (C=O) groups excluding carboxylic acids is 1. The van der Waals surface area contributed by atoms with Crippen LogP contribution in [0.15, 0.2) is 59.9 Å². The number of ether oxygens (including phenoxy) is 1. The molecule has 0 unspecified atom stereocenters. The Labute approximate surface area is 236 Å². The van der Waals surface area contributed by atoms with E-state index in [1.165, 1.54) is 32.1 Å². The van der Waals surface area contributed by atoms with Crippen molar-refractivity contribution in [1.29, 1.82) is 0 Å². The number of methoxy groups -OCH3 is 1. The summed E-state index contributed by atoms with van der Waals surface area (Å²) in [6.45, 7) is 1.37. The topological polar surface area (TPSA) is 67.3 Å². The minimum Gasteiger partial charge on any atom is -0.497 e. The summed E-state index contributed by atoms with van der Waals surface area (Å²) in [6, 6.07) is 8.06. The normalized spacial score (nSPS) is 18.3. The zero-order valence-electron chi connectivity index (χ0n) is 24.3. The molecule has 1 aromatic heterocycles. The molecule has 2 aliphatic rings. The largest absolute Gasteiger partial charge is 0.497 e. The van der Waals surface area contributed by atoms with E-state index in [1.807, 2.05) is 68.4 Å². The highest BCUT2D eigenvalue weighted by atomic mass is 19.4. The Hall–Kier alpha value is -3.36. The summed E-state index contributed by atoms with van der Waals surface area (Å²) in [7, 11) is 5.66. The third-order valence-corrected chi connectivity index (χ3v) is 7.01. The van der Waals surface area contributed by atoms with Gasteiger partial charge in [-0.1, -0.05) is 50.5 Å². The van der Waals surface area contributed by atoms with Gasteiger partial charge in [0.2, 0.25) is 5.91 Å². The number of aromatic nitrogens is 2. The number of halogens is 3. The zero-order chi connectivity index (χ0) is 29.5. The van der Waals surface area contributed by atoms with Crippen LogP contribution >= 0.6 is 0 Å². The molecular formula is C31H43F3N4O2. The number of rotatable bonds is 7. The lowest BCUT2D eigenvalue weighted by Gasteiger charge is -2.27. The fourth-order valence-electron chi connectivity index (χ4n) is 4.80. The smallest absolute Gasteiger partial charge is 0.379 e. The number of benzene rings is 1. The van der Waals surface area contributed by atoms with Crippen LogP contribution in [-0.4, -0.2) is 50.3 Å². The van der Waals surface area contributed by atoms with E-state index in [4.69, 9.17) is 4.74 Å². The molecule has 1 heterocycles. The minimum atomic E-state index is -3.67. The first kappa shape index (κ1) is 32.8. The average Bonchev–Trinajstić information content (AvgIpc) is 3.16. The molecule has 6 nitrogen and oxygen atoms in total. The maximum atomic E-state index is 12.1. The standard InChI is InChI=1S/C19H29NO2.C11H13N3.CHF3/c1-3-15-7-9-17(10-8-15)14-20-19(21)13-16-5-4-6-18(22-2)12-11-16;1-8-12-10-7-5-4-6-9(10)11(13-8)14(2)3;2-1(3)4/h5-6,11-12,15,17H,3-4,7-10,13-14H2,1-2H3,(H,20,21);4-7H,1-3H3;1H. The molecule has 40 heavy (non-hydrogen) atoms. The quantitative estimate of drug-likeness (QED) is 0.385. The van der Waals surface area contributed by atoms with Crippen molar-refractivity contribution in [3.8, 4) is 0 Å². The first-order valence-corrected chi connectivity index (χ1v) is 13.8. The van der Waals surface area contributed by atoms with Gasteiger partial charge in [0, 0.05) is 26.0 Å². The second-order valence-electron chi connectivity index (χ2n) is 10.2. The van der Waals surface area contributed by atoms with Gasteiger partial charge in [0.15, 0.2) is 0 Å². The lowest BCUT2D eigenvalue weighted by Crippen LogP contribution is -2.31. The van der Waals surface area contributed by atoms with E-state index in [-0.39, 0.29) is 5.91 Å². The van der Waals surface area contributed by atoms with Crippen LogP contribution in [0.25, 0.3) is 10.9 Å². The predicted molar refractivity (Wildman–Crippen MR) is 156 cm³/mol. The van der Waals surface area contributed by atoms with Gasteiger partial charge in [-0.3, -0.25) is 4.79 Å². The predicted octanol–water partition coefficient (Wildman–Crippen LogP) is 7.31. The summed E-state index contributed by atoms with van der Waals surface area (Å²) >= 11 is 0. The summed E-state index contributed by atoms with van der Waals surface area (Å²) in [5.74, 6) is 4.37. The van der Waals surface area contributed by atoms with E-state index < -0.39 is 6.68 Å². The third kappa shape index (κ3) is 11.8. The van der Waals surface area contributed by atoms with Crippen molar-refractivity contribution in [3.63, 3.8) is 0 Å². The number of hydrogen-bond acceptors (Lipinski definition) is 5. The van der Waals surface area contributed by atoms with E-state index in [1.54, 1.807) is 7.11 Å². The van der Waals surface area contributed by atoms with Gasteiger partial charge in [-0.15, -0.1) is 0 Å². The van der Waals surface area contributed by atoms with Crippen molar-refractivity contribution in [2.45, 2.75) is 65.5 Å². The first-order valence-electron chi connectivity index (χ1n) is 13.8. The molecule has 0 aliphatic heterocycles. The average molecular weight is 561 g/mol. The van der Waals surface area contributed by atoms with Gasteiger partial charge < -0.3 is 15.0 Å². The number of allylic oxidation sites excluding steroid dienone is 4. The van der Waals surface area contributed by atoms with Crippen LogP contribution in [0.4, 0.5) is 19.0 Å². The zero-order valence-corrected chi connectivity index (χ0v) is 24.3. The Kier molecular flexibility index (Phi) is 14.3. The highest BCUT2D eigenvalue weighted by molar-refractivity contribution is 5.89. The van der Waals surface area contributed by atoms with Crippen molar-refractivity contribution in [2.24, 2.45) is 11.8 Å². The third-order valence-electron chi connectivity index (χ3n) is 7.01. The molecule has 0 bridgehead atoms. The van der Waals surface area contributed by atoms with Gasteiger partial charge >= 0.3 is 6.68 Å². The number of nitrogens with one attached hydrogen (secondary N) is 1. The van der Waals surface area contributed by atoms with Gasteiger partial charge in [0.05, 0.1) is 19.0 Å². The van der Waals surface area contributed by atoms with Crippen LogP contribution in [0.3, 0.4) is 0 Å². The molecule has 1 saturated carbocycles. The lowest BCUT2D eigenvalue weighted by molar-refractivity contribution is -0.120. The number of para-hydroxylation sites is 1. The van der Waals surface area contributed by atoms with Crippen LogP contribution in [0.1, 0.15) is 57.7 Å². The van der Waals surface area contributed by atoms with Crippen LogP contribution in [-0.2, 0) is 9.53 Å². The second kappa shape index (κ2) is 17.4. The van der Waals surface area contributed by atoms with E-state index in [2.05, 4.69) is 28.3 Å². The molecule has 1 aromatic carbocycles. The van der Waals surface area contributed by atoms with Crippen LogP contribution in [0.5, 0.6) is 0 Å². The van der Waals surface area contributed by atoms with Crippen LogP contribution in [0.2, 0.25) is 0 Å². The molecule has 1 amide bonds. The Morgan fingerprint density at radius 2 is 1.70 bits per heavy atom. The maximum absolute atomic E-state index is 12.1. The molecule has 2 aliphatic carbocycles. The van der Waals surface area contributed by atoms with Gasteiger partial charge in [0.25, 0.3) is 0 Å². The van der Waals surface area contributed by atoms with Gasteiger partial charge in [0.1, 0.15) is 17.4 Å². The summed E-state index contributed by atoms with van der Waals surface area (Å²) < 4.78 is 34.2. The number of fused-ring (bicyclic) bond motifs is 1. The monoisotopic (exact) mass is 560 g/mol. The first-order chi connectivity index (χ1) is 19.1. The van der Waals surface area contributed by atoms with Crippen molar-refractivity contribution in [1.82, 2.24) is 15.3 Å². The summed E-state index contributed by atoms with van der Waals surface area (Å²) in [4.78, 5) is 22.9. The number of amides is 1. The van der Waals surface area contributed by atoms with Crippen molar-refractivity contribution in [3.05, 3.63) is 65.7 Å². The Morgan fingerprint density at radius 1 is 1.05 bits per heavy atom. The molecule has 0 spiro atoms. The number of carbonyl (C=O) groups is 1. The molecule has 9 heteroatoms. The van der Waals surface area contributed by atoms with E-state index in [0.717, 1.165) is 52.8 Å². The fraction of sp³-hybridized carbons (Fsp3) is 0.516. The Balaban J connectivity index is 0.000000265. The van der Waals surface area contributed by atoms with E-state index >= 15 is 0 Å². The van der Waals surface area contributed by atoms with Crippen LogP contribution < -0.4 is 10.2 Å². The summed E-state index contributed by atoms with van der Waals surface area (Å²) in [5, 5.41) is 4.22. The fourth-order valence-corrected chi connectivity index (χ4v) is 4.80.